The Balaban J connectivity index is 2.05. The lowest BCUT2D eigenvalue weighted by Gasteiger charge is -2.34. The van der Waals surface area contributed by atoms with Gasteiger partial charge in [-0.25, -0.2) is 0 Å². The number of benzene rings is 1. The van der Waals surface area contributed by atoms with Crippen LogP contribution in [0.25, 0.3) is 0 Å². The van der Waals surface area contributed by atoms with Gasteiger partial charge in [0.2, 0.25) is 0 Å². The molecule has 0 radical (unpaired) electrons. The Morgan fingerprint density at radius 1 is 1.15 bits per heavy atom. The monoisotopic (exact) mass is 275 g/mol. The molecule has 0 heterocycles. The molecule has 1 aromatic carbocycles. The molecular formula is C16H25N3O. The first-order valence-corrected chi connectivity index (χ1v) is 7.44. The molecule has 1 aromatic rings. The van der Waals surface area contributed by atoms with Crippen LogP contribution in [0.2, 0.25) is 0 Å². The van der Waals surface area contributed by atoms with Gasteiger partial charge in [-0.1, -0.05) is 13.3 Å². The molecular weight excluding hydrogens is 250 g/mol. The van der Waals surface area contributed by atoms with E-state index in [2.05, 4.69) is 6.92 Å². The van der Waals surface area contributed by atoms with Crippen LogP contribution in [0.1, 0.15) is 49.4 Å². The summed E-state index contributed by atoms with van der Waals surface area (Å²) in [6.07, 6.45) is 5.88. The number of anilines is 2. The average molecular weight is 275 g/mol. The molecule has 0 spiro atoms. The van der Waals surface area contributed by atoms with Crippen molar-refractivity contribution < 1.29 is 4.79 Å². The van der Waals surface area contributed by atoms with Crippen LogP contribution in [0.3, 0.4) is 0 Å². The van der Waals surface area contributed by atoms with Crippen molar-refractivity contribution in [2.24, 2.45) is 5.92 Å². The van der Waals surface area contributed by atoms with Crippen LogP contribution in [0.4, 0.5) is 11.4 Å². The fourth-order valence-corrected chi connectivity index (χ4v) is 3.11. The molecule has 1 fully saturated rings. The maximum absolute atomic E-state index is 12.5. The van der Waals surface area contributed by atoms with Crippen molar-refractivity contribution in [1.29, 1.82) is 0 Å². The smallest absolute Gasteiger partial charge is 0.253 e. The quantitative estimate of drug-likeness (QED) is 0.833. The molecule has 1 amide bonds. The second-order valence-corrected chi connectivity index (χ2v) is 5.89. The SMILES string of the molecule is CCC1CCC(N(C)C(=O)c2cc(N)cc(N)c2)CC1. The van der Waals surface area contributed by atoms with Crippen molar-refractivity contribution in [1.82, 2.24) is 4.90 Å². The highest BCUT2D eigenvalue weighted by atomic mass is 16.2. The Labute approximate surface area is 121 Å². The van der Waals surface area contributed by atoms with E-state index in [4.69, 9.17) is 11.5 Å². The molecule has 0 aliphatic heterocycles. The summed E-state index contributed by atoms with van der Waals surface area (Å²) in [4.78, 5) is 14.4. The summed E-state index contributed by atoms with van der Waals surface area (Å²) in [6, 6.07) is 5.41. The third-order valence-electron chi connectivity index (χ3n) is 4.49. The largest absolute Gasteiger partial charge is 0.399 e. The molecule has 0 atom stereocenters. The summed E-state index contributed by atoms with van der Waals surface area (Å²) >= 11 is 0. The van der Waals surface area contributed by atoms with E-state index in [-0.39, 0.29) is 5.91 Å². The lowest BCUT2D eigenvalue weighted by molar-refractivity contribution is 0.0675. The first-order valence-electron chi connectivity index (χ1n) is 7.44. The van der Waals surface area contributed by atoms with Crippen LogP contribution in [0.5, 0.6) is 0 Å². The van der Waals surface area contributed by atoms with Crippen molar-refractivity contribution in [3.05, 3.63) is 23.8 Å². The van der Waals surface area contributed by atoms with E-state index >= 15 is 0 Å². The molecule has 4 N–H and O–H groups in total. The Hall–Kier alpha value is -1.71. The van der Waals surface area contributed by atoms with Gasteiger partial charge in [-0.2, -0.15) is 0 Å². The van der Waals surface area contributed by atoms with Gasteiger partial charge in [-0.3, -0.25) is 4.79 Å². The molecule has 0 aromatic heterocycles. The number of nitrogen functional groups attached to an aromatic ring is 2. The first kappa shape index (κ1) is 14.7. The number of amides is 1. The van der Waals surface area contributed by atoms with Gasteiger partial charge in [-0.15, -0.1) is 0 Å². The predicted molar refractivity (Wildman–Crippen MR) is 83.4 cm³/mol. The number of carbonyl (C=O) groups excluding carboxylic acids is 1. The number of carbonyl (C=O) groups is 1. The molecule has 0 bridgehead atoms. The van der Waals surface area contributed by atoms with Gasteiger partial charge in [0.1, 0.15) is 0 Å². The number of nitrogens with zero attached hydrogens (tertiary/aromatic N) is 1. The highest BCUT2D eigenvalue weighted by Gasteiger charge is 2.26. The molecule has 1 aliphatic carbocycles. The van der Waals surface area contributed by atoms with Crippen molar-refractivity contribution in [2.45, 2.75) is 45.1 Å². The number of hydrogen-bond acceptors (Lipinski definition) is 3. The van der Waals surface area contributed by atoms with Crippen LogP contribution in [-0.4, -0.2) is 23.9 Å². The second-order valence-electron chi connectivity index (χ2n) is 5.89. The fraction of sp³-hybridized carbons (Fsp3) is 0.562. The lowest BCUT2D eigenvalue weighted by atomic mass is 9.84. The van der Waals surface area contributed by atoms with Gasteiger partial charge in [0.25, 0.3) is 5.91 Å². The topological polar surface area (TPSA) is 72.3 Å². The molecule has 110 valence electrons. The summed E-state index contributed by atoms with van der Waals surface area (Å²) in [5.41, 5.74) is 13.2. The lowest BCUT2D eigenvalue weighted by Crippen LogP contribution is -2.39. The predicted octanol–water partition coefficient (Wildman–Crippen LogP) is 2.89. The van der Waals surface area contributed by atoms with Crippen LogP contribution in [0, 0.1) is 5.92 Å². The maximum Gasteiger partial charge on any atom is 0.253 e. The van der Waals surface area contributed by atoms with E-state index in [0.717, 1.165) is 18.8 Å². The standard InChI is InChI=1S/C16H25N3O/c1-3-11-4-6-15(7-5-11)19(2)16(20)12-8-13(17)10-14(18)9-12/h8-11,15H,3-7,17-18H2,1-2H3. The summed E-state index contributed by atoms with van der Waals surface area (Å²) in [7, 11) is 1.89. The Kier molecular flexibility index (Phi) is 4.53. The van der Waals surface area contributed by atoms with Gasteiger partial charge in [0.05, 0.1) is 0 Å². The third-order valence-corrected chi connectivity index (χ3v) is 4.49. The molecule has 1 aliphatic rings. The summed E-state index contributed by atoms with van der Waals surface area (Å²) in [5.74, 6) is 0.849. The molecule has 20 heavy (non-hydrogen) atoms. The molecule has 0 saturated heterocycles. The molecule has 0 unspecified atom stereocenters. The highest BCUT2D eigenvalue weighted by molar-refractivity contribution is 5.96. The van der Waals surface area contributed by atoms with E-state index in [9.17, 15) is 4.79 Å². The Morgan fingerprint density at radius 2 is 1.70 bits per heavy atom. The van der Waals surface area contributed by atoms with Crippen LogP contribution in [0.15, 0.2) is 18.2 Å². The van der Waals surface area contributed by atoms with Gasteiger partial charge in [0, 0.05) is 30.0 Å². The summed E-state index contributed by atoms with van der Waals surface area (Å²) in [6.45, 7) is 2.25. The third kappa shape index (κ3) is 3.24. The van der Waals surface area contributed by atoms with Gasteiger partial charge < -0.3 is 16.4 Å². The summed E-state index contributed by atoms with van der Waals surface area (Å²) in [5, 5.41) is 0. The molecule has 1 saturated carbocycles. The molecule has 4 nitrogen and oxygen atoms in total. The van der Waals surface area contributed by atoms with Gasteiger partial charge >= 0.3 is 0 Å². The van der Waals surface area contributed by atoms with E-state index in [0.29, 0.717) is 23.0 Å². The van der Waals surface area contributed by atoms with Gasteiger partial charge in [-0.05, 0) is 49.8 Å². The zero-order chi connectivity index (χ0) is 14.7. The van der Waals surface area contributed by atoms with E-state index in [1.807, 2.05) is 11.9 Å². The van der Waals surface area contributed by atoms with E-state index in [1.165, 1.54) is 19.3 Å². The van der Waals surface area contributed by atoms with E-state index in [1.54, 1.807) is 18.2 Å². The summed E-state index contributed by atoms with van der Waals surface area (Å²) < 4.78 is 0. The molecule has 2 rings (SSSR count). The van der Waals surface area contributed by atoms with Crippen molar-refractivity contribution in [3.8, 4) is 0 Å². The maximum atomic E-state index is 12.5. The van der Waals surface area contributed by atoms with Crippen molar-refractivity contribution >= 4 is 17.3 Å². The minimum Gasteiger partial charge on any atom is -0.399 e. The molecule has 4 heteroatoms. The average Bonchev–Trinajstić information content (AvgIpc) is 2.45. The number of rotatable bonds is 3. The van der Waals surface area contributed by atoms with Crippen LogP contribution < -0.4 is 11.5 Å². The zero-order valence-electron chi connectivity index (χ0n) is 12.4. The van der Waals surface area contributed by atoms with Crippen LogP contribution >= 0.6 is 0 Å². The number of hydrogen-bond donors (Lipinski definition) is 2. The van der Waals surface area contributed by atoms with Crippen LogP contribution in [-0.2, 0) is 0 Å². The zero-order valence-corrected chi connectivity index (χ0v) is 12.4. The number of nitrogens with two attached hydrogens (primary N) is 2. The Bertz CT molecular complexity index is 458. The van der Waals surface area contributed by atoms with Gasteiger partial charge in [0.15, 0.2) is 0 Å². The Morgan fingerprint density at radius 3 is 2.20 bits per heavy atom. The first-order chi connectivity index (χ1) is 9.51. The van der Waals surface area contributed by atoms with E-state index < -0.39 is 0 Å². The fourth-order valence-electron chi connectivity index (χ4n) is 3.11. The van der Waals surface area contributed by atoms with Crippen molar-refractivity contribution in [3.63, 3.8) is 0 Å². The highest BCUT2D eigenvalue weighted by Crippen LogP contribution is 2.29. The minimum atomic E-state index is 0.0175. The normalized spacial score (nSPS) is 22.5. The minimum absolute atomic E-state index is 0.0175. The van der Waals surface area contributed by atoms with Crippen molar-refractivity contribution in [2.75, 3.05) is 18.5 Å². The second kappa shape index (κ2) is 6.16.